The summed E-state index contributed by atoms with van der Waals surface area (Å²) in [5, 5.41) is 41.7. The summed E-state index contributed by atoms with van der Waals surface area (Å²) in [6.45, 7) is 22.2. The maximum Gasteiger partial charge on any atom is 0.306 e. The predicted octanol–water partition coefficient (Wildman–Crippen LogP) is 9.30. The van der Waals surface area contributed by atoms with Gasteiger partial charge < -0.3 is 34.6 Å². The van der Waals surface area contributed by atoms with Gasteiger partial charge in [0.2, 0.25) is 0 Å². The molecule has 0 radical (unpaired) electrons. The van der Waals surface area contributed by atoms with Crippen LogP contribution in [0.15, 0.2) is 36.4 Å². The molecule has 11 nitrogen and oxygen atoms in total. The highest BCUT2D eigenvalue weighted by Crippen LogP contribution is 2.37. The van der Waals surface area contributed by atoms with Crippen molar-refractivity contribution in [3.05, 3.63) is 86.5 Å². The second-order valence-corrected chi connectivity index (χ2v) is 19.6. The van der Waals surface area contributed by atoms with Gasteiger partial charge in [-0.05, 0) is 113 Å². The molecule has 11 heteroatoms. The molecule has 0 unspecified atom stereocenters. The molecule has 0 heterocycles. The van der Waals surface area contributed by atoms with E-state index in [4.69, 9.17) is 14.2 Å². The van der Waals surface area contributed by atoms with Crippen LogP contribution in [0.4, 0.5) is 0 Å². The fraction of sp³-hybridized carbons (Fsp3) is 0.551. The van der Waals surface area contributed by atoms with Gasteiger partial charge in [0.05, 0.1) is 5.41 Å². The van der Waals surface area contributed by atoms with E-state index < -0.39 is 29.3 Å². The van der Waals surface area contributed by atoms with Gasteiger partial charge in [-0.2, -0.15) is 0 Å². The number of hydrogen-bond acceptors (Lipinski definition) is 10. The molecule has 0 spiro atoms. The number of carbonyl (C=O) groups is 4. The van der Waals surface area contributed by atoms with Crippen molar-refractivity contribution in [2.24, 2.45) is 5.41 Å². The third kappa shape index (κ3) is 14.3. The van der Waals surface area contributed by atoms with Gasteiger partial charge in [-0.3, -0.25) is 19.2 Å². The van der Waals surface area contributed by atoms with Crippen molar-refractivity contribution in [1.29, 1.82) is 0 Å². The van der Waals surface area contributed by atoms with Crippen LogP contribution in [0.5, 0.6) is 17.2 Å². The van der Waals surface area contributed by atoms with Crippen LogP contribution in [0, 0.1) is 26.2 Å². The summed E-state index contributed by atoms with van der Waals surface area (Å²) in [5.41, 5.74) is 4.47. The van der Waals surface area contributed by atoms with Gasteiger partial charge in [-0.1, -0.05) is 98.7 Å². The van der Waals surface area contributed by atoms with Crippen molar-refractivity contribution >= 4 is 23.9 Å². The Hall–Kier alpha value is -5.06. The highest BCUT2D eigenvalue weighted by Gasteiger charge is 2.37. The number of aryl methyl sites for hydroxylation is 6. The minimum Gasteiger partial charge on any atom is -0.507 e. The molecule has 0 aromatic heterocycles. The second kappa shape index (κ2) is 20.0. The van der Waals surface area contributed by atoms with Crippen molar-refractivity contribution in [3.63, 3.8) is 0 Å². The number of ether oxygens (including phenoxy) is 3. The van der Waals surface area contributed by atoms with E-state index in [1.165, 1.54) is 0 Å². The van der Waals surface area contributed by atoms with Crippen LogP contribution in [0.2, 0.25) is 0 Å². The molecular formula is C49H68O11. The summed E-state index contributed by atoms with van der Waals surface area (Å²) in [7, 11) is 0. The van der Waals surface area contributed by atoms with E-state index in [1.807, 2.05) is 98.7 Å². The van der Waals surface area contributed by atoms with Crippen molar-refractivity contribution in [2.75, 3.05) is 19.8 Å². The number of esters is 3. The Morgan fingerprint density at radius 2 is 0.733 bits per heavy atom. The minimum absolute atomic E-state index is 0.0203. The van der Waals surface area contributed by atoms with Crippen LogP contribution >= 0.6 is 0 Å². The molecule has 3 aromatic carbocycles. The summed E-state index contributed by atoms with van der Waals surface area (Å²) in [6, 6.07) is 11.1. The molecular weight excluding hydrogens is 765 g/mol. The van der Waals surface area contributed by atoms with E-state index in [-0.39, 0.29) is 85.4 Å². The molecule has 0 amide bonds. The van der Waals surface area contributed by atoms with Crippen LogP contribution in [-0.4, -0.2) is 64.1 Å². The zero-order valence-corrected chi connectivity index (χ0v) is 37.9. The lowest BCUT2D eigenvalue weighted by Crippen LogP contribution is -2.40. The largest absolute Gasteiger partial charge is 0.507 e. The van der Waals surface area contributed by atoms with Gasteiger partial charge >= 0.3 is 23.9 Å². The number of carboxylic acid groups (broad SMARTS) is 1. The first kappa shape index (κ1) is 49.3. The molecule has 3 rings (SSSR count). The zero-order chi connectivity index (χ0) is 45.4. The normalized spacial score (nSPS) is 12.3. The highest BCUT2D eigenvalue weighted by molar-refractivity contribution is 5.71. The lowest BCUT2D eigenvalue weighted by atomic mass is 9.83. The first-order valence-corrected chi connectivity index (χ1v) is 20.8. The molecule has 0 aliphatic rings. The number of benzene rings is 3. The number of phenolic OH excluding ortho intramolecular Hbond substituents is 3. The van der Waals surface area contributed by atoms with Gasteiger partial charge in [0.15, 0.2) is 0 Å². The SMILES string of the molecule is Cc1cc(CCC(=O)OCC(CCC(=O)O)(COC(=O)CCc2cc(C)c(O)c(C(C)(C)C)c2)COC(=O)CCc2cc(C)c(O)c(C(C)(C)C)c2)cc(C(C)(C)C)c1O. The van der Waals surface area contributed by atoms with E-state index >= 15 is 0 Å². The fourth-order valence-electron chi connectivity index (χ4n) is 7.08. The average molecular weight is 833 g/mol. The van der Waals surface area contributed by atoms with Crippen LogP contribution < -0.4 is 0 Å². The summed E-state index contributed by atoms with van der Waals surface area (Å²) in [5.74, 6) is -2.24. The molecule has 0 fully saturated rings. The van der Waals surface area contributed by atoms with E-state index in [0.717, 1.165) is 33.4 Å². The fourth-order valence-corrected chi connectivity index (χ4v) is 7.08. The molecule has 3 aromatic rings. The summed E-state index contributed by atoms with van der Waals surface area (Å²) < 4.78 is 17.3. The third-order valence-electron chi connectivity index (χ3n) is 10.8. The standard InChI is InChI=1S/C49H68O11/c1-30-21-33(24-36(43(30)55)46(4,5)6)13-16-40(52)58-27-49(20-19-39(50)51,28-59-41(53)17-14-34-22-31(2)44(56)37(25-34)47(7,8)9)29-60-42(54)18-15-35-23-32(3)45(57)38(26-35)48(10,11)12/h21-26,55-57H,13-20,27-29H2,1-12H3,(H,50,51). The molecule has 4 N–H and O–H groups in total. The maximum absolute atomic E-state index is 13.3. The van der Waals surface area contributed by atoms with Gasteiger partial charge in [-0.25, -0.2) is 0 Å². The maximum atomic E-state index is 13.3. The van der Waals surface area contributed by atoms with Crippen LogP contribution in [0.25, 0.3) is 0 Å². The number of rotatable bonds is 18. The first-order valence-electron chi connectivity index (χ1n) is 20.8. The third-order valence-corrected chi connectivity index (χ3v) is 10.8. The summed E-state index contributed by atoms with van der Waals surface area (Å²) >= 11 is 0. The Morgan fingerprint density at radius 1 is 0.467 bits per heavy atom. The Kier molecular flexibility index (Phi) is 16.4. The van der Waals surface area contributed by atoms with Gasteiger partial charge in [0.25, 0.3) is 0 Å². The lowest BCUT2D eigenvalue weighted by molar-refractivity contribution is -0.163. The van der Waals surface area contributed by atoms with Crippen LogP contribution in [0.3, 0.4) is 0 Å². The minimum atomic E-state index is -1.38. The average Bonchev–Trinajstić information content (AvgIpc) is 3.13. The van der Waals surface area contributed by atoms with Crippen molar-refractivity contribution in [1.82, 2.24) is 0 Å². The Balaban J connectivity index is 1.82. The molecule has 0 saturated heterocycles. The molecule has 0 atom stereocenters. The molecule has 0 aliphatic carbocycles. The first-order chi connectivity index (χ1) is 27.6. The van der Waals surface area contributed by atoms with E-state index in [0.29, 0.717) is 36.0 Å². The number of carboxylic acids is 1. The second-order valence-electron chi connectivity index (χ2n) is 19.6. The number of phenols is 3. The molecule has 60 heavy (non-hydrogen) atoms. The smallest absolute Gasteiger partial charge is 0.306 e. The number of carbonyl (C=O) groups excluding carboxylic acids is 3. The van der Waals surface area contributed by atoms with E-state index in [2.05, 4.69) is 0 Å². The molecule has 0 saturated carbocycles. The summed E-state index contributed by atoms with van der Waals surface area (Å²) in [4.78, 5) is 51.8. The number of aromatic hydroxyl groups is 3. The van der Waals surface area contributed by atoms with Crippen molar-refractivity contribution in [2.45, 2.75) is 151 Å². The molecule has 0 aliphatic heterocycles. The molecule has 0 bridgehead atoms. The quantitative estimate of drug-likeness (QED) is 0.0710. The Labute approximate surface area is 356 Å². The van der Waals surface area contributed by atoms with Crippen LogP contribution in [0.1, 0.15) is 144 Å². The predicted molar refractivity (Wildman–Crippen MR) is 232 cm³/mol. The van der Waals surface area contributed by atoms with E-state index in [1.54, 1.807) is 20.8 Å². The number of hydrogen-bond donors (Lipinski definition) is 4. The van der Waals surface area contributed by atoms with Crippen molar-refractivity contribution in [3.8, 4) is 17.2 Å². The van der Waals surface area contributed by atoms with E-state index in [9.17, 15) is 39.6 Å². The van der Waals surface area contributed by atoms with Crippen molar-refractivity contribution < 1.29 is 53.8 Å². The Bertz CT molecular complexity index is 1810. The molecule has 330 valence electrons. The van der Waals surface area contributed by atoms with Crippen LogP contribution in [-0.2, 0) is 68.9 Å². The summed E-state index contributed by atoms with van der Waals surface area (Å²) in [6.07, 6.45) is 0.387. The Morgan fingerprint density at radius 3 is 0.967 bits per heavy atom. The lowest BCUT2D eigenvalue weighted by Gasteiger charge is -2.32. The van der Waals surface area contributed by atoms with Gasteiger partial charge in [0, 0.05) is 25.7 Å². The van der Waals surface area contributed by atoms with Gasteiger partial charge in [0.1, 0.15) is 37.1 Å². The zero-order valence-electron chi connectivity index (χ0n) is 37.9. The highest BCUT2D eigenvalue weighted by atomic mass is 16.6. The number of aliphatic carboxylic acids is 1. The topological polar surface area (TPSA) is 177 Å². The van der Waals surface area contributed by atoms with Gasteiger partial charge in [-0.15, -0.1) is 0 Å². The monoisotopic (exact) mass is 832 g/mol.